The molecule has 0 aromatic heterocycles. The molecule has 0 aromatic rings. The summed E-state index contributed by atoms with van der Waals surface area (Å²) in [5, 5.41) is 6.80. The molecule has 1 N–H and O–H groups in total. The predicted octanol–water partition coefficient (Wildman–Crippen LogP) is 2.37. The summed E-state index contributed by atoms with van der Waals surface area (Å²) in [6.07, 6.45) is 0. The third-order valence-electron chi connectivity index (χ3n) is 0.477. The lowest BCUT2D eigenvalue weighted by Crippen LogP contribution is -2.22. The summed E-state index contributed by atoms with van der Waals surface area (Å²) in [5.74, 6) is -0.757. The van der Waals surface area contributed by atoms with Gasteiger partial charge in [0.25, 0.3) is 0 Å². The molecule has 0 aliphatic carbocycles. The highest BCUT2D eigenvalue weighted by molar-refractivity contribution is 9.40. The first-order valence-electron chi connectivity index (χ1n) is 2.18. The SMILES string of the molecule is CC(=N)OC(=O)C(Br)(Br)Br. The summed E-state index contributed by atoms with van der Waals surface area (Å²) < 4.78 is 3.34. The number of halogens is 3. The van der Waals surface area contributed by atoms with Gasteiger partial charge in [-0.1, -0.05) is 0 Å². The molecule has 0 fully saturated rings. The molecule has 58 valence electrons. The third-order valence-corrected chi connectivity index (χ3v) is 1.45. The van der Waals surface area contributed by atoms with Crippen LogP contribution in [0.3, 0.4) is 0 Å². The normalized spacial score (nSPS) is 10.8. The van der Waals surface area contributed by atoms with E-state index in [1.165, 1.54) is 6.92 Å². The van der Waals surface area contributed by atoms with Crippen molar-refractivity contribution in [2.24, 2.45) is 0 Å². The number of carbonyl (C=O) groups excluding carboxylic acids is 1. The topological polar surface area (TPSA) is 50.1 Å². The van der Waals surface area contributed by atoms with E-state index in [2.05, 4.69) is 52.5 Å². The molecule has 0 bridgehead atoms. The minimum Gasteiger partial charge on any atom is -0.410 e. The average Bonchev–Trinajstić information content (AvgIpc) is 1.60. The number of alkyl halides is 3. The highest BCUT2D eigenvalue weighted by atomic mass is 80.0. The van der Waals surface area contributed by atoms with Crippen molar-refractivity contribution in [2.45, 2.75) is 9.07 Å². The molecule has 0 aliphatic heterocycles. The van der Waals surface area contributed by atoms with Crippen LogP contribution in [0.4, 0.5) is 0 Å². The number of hydrogen-bond donors (Lipinski definition) is 1. The van der Waals surface area contributed by atoms with Gasteiger partial charge in [-0.3, -0.25) is 5.41 Å². The van der Waals surface area contributed by atoms with Crippen molar-refractivity contribution in [1.82, 2.24) is 0 Å². The fourth-order valence-corrected chi connectivity index (χ4v) is 0.440. The van der Waals surface area contributed by atoms with Gasteiger partial charge in [0.1, 0.15) is 0 Å². The Labute approximate surface area is 83.4 Å². The quantitative estimate of drug-likeness (QED) is 0.319. The number of hydrogen-bond acceptors (Lipinski definition) is 3. The lowest BCUT2D eigenvalue weighted by molar-refractivity contribution is -0.133. The number of esters is 1. The monoisotopic (exact) mass is 335 g/mol. The predicted molar refractivity (Wildman–Crippen MR) is 49.0 cm³/mol. The standard InChI is InChI=1S/C4H4Br3NO2/c1-2(8)10-3(9)4(5,6)7/h8H,1H3. The molecule has 0 saturated heterocycles. The van der Waals surface area contributed by atoms with Crippen LogP contribution in [0.15, 0.2) is 0 Å². The first-order chi connectivity index (χ1) is 4.34. The maximum Gasteiger partial charge on any atom is 0.351 e. The van der Waals surface area contributed by atoms with Gasteiger partial charge in [-0.05, 0) is 47.8 Å². The summed E-state index contributed by atoms with van der Waals surface area (Å²) in [6.45, 7) is 1.37. The van der Waals surface area contributed by atoms with Crippen molar-refractivity contribution >= 4 is 59.7 Å². The Morgan fingerprint density at radius 2 is 1.90 bits per heavy atom. The lowest BCUT2D eigenvalue weighted by atomic mass is 10.7. The highest BCUT2D eigenvalue weighted by Crippen LogP contribution is 2.34. The molecule has 0 rings (SSSR count). The fourth-order valence-electron chi connectivity index (χ4n) is 0.197. The van der Waals surface area contributed by atoms with Crippen molar-refractivity contribution in [3.63, 3.8) is 0 Å². The van der Waals surface area contributed by atoms with E-state index in [1.807, 2.05) is 0 Å². The highest BCUT2D eigenvalue weighted by Gasteiger charge is 2.30. The second-order valence-corrected chi connectivity index (χ2v) is 8.20. The van der Waals surface area contributed by atoms with E-state index in [4.69, 9.17) is 5.41 Å². The van der Waals surface area contributed by atoms with Gasteiger partial charge >= 0.3 is 5.97 Å². The molecule has 0 saturated carbocycles. The van der Waals surface area contributed by atoms with Crippen LogP contribution in [0.25, 0.3) is 0 Å². The molecule has 0 atom stereocenters. The molecule has 0 aliphatic rings. The molecule has 0 heterocycles. The fraction of sp³-hybridized carbons (Fsp3) is 0.500. The average molecular weight is 338 g/mol. The molecule has 0 spiro atoms. The largest absolute Gasteiger partial charge is 0.410 e. The van der Waals surface area contributed by atoms with Gasteiger partial charge in [-0.15, -0.1) is 0 Å². The molecule has 0 radical (unpaired) electrons. The Morgan fingerprint density at radius 3 is 2.00 bits per heavy atom. The van der Waals surface area contributed by atoms with Crippen LogP contribution in [0.5, 0.6) is 0 Å². The van der Waals surface area contributed by atoms with Crippen molar-refractivity contribution in [2.75, 3.05) is 0 Å². The molecule has 0 aromatic carbocycles. The van der Waals surface area contributed by atoms with Crippen molar-refractivity contribution in [3.8, 4) is 0 Å². The zero-order valence-electron chi connectivity index (χ0n) is 4.95. The van der Waals surface area contributed by atoms with Gasteiger partial charge in [0.2, 0.25) is 2.14 Å². The number of nitrogens with one attached hydrogen (secondary N) is 1. The van der Waals surface area contributed by atoms with E-state index >= 15 is 0 Å². The van der Waals surface area contributed by atoms with Crippen LogP contribution in [-0.4, -0.2) is 14.0 Å². The smallest absolute Gasteiger partial charge is 0.351 e. The van der Waals surface area contributed by atoms with E-state index < -0.39 is 8.11 Å². The minimum absolute atomic E-state index is 0.146. The lowest BCUT2D eigenvalue weighted by Gasteiger charge is -2.08. The zero-order chi connectivity index (χ0) is 8.36. The first-order valence-corrected chi connectivity index (χ1v) is 4.56. The number of ether oxygens (including phenoxy) is 1. The van der Waals surface area contributed by atoms with Gasteiger partial charge in [0.15, 0.2) is 5.90 Å². The summed E-state index contributed by atoms with van der Waals surface area (Å²) in [7, 11) is 0. The Bertz CT molecular complexity index is 162. The van der Waals surface area contributed by atoms with Crippen LogP contribution in [0, 0.1) is 5.41 Å². The molecular weight excluding hydrogens is 334 g/mol. The van der Waals surface area contributed by atoms with Gasteiger partial charge in [0.05, 0.1) is 0 Å². The zero-order valence-corrected chi connectivity index (χ0v) is 9.71. The Kier molecular flexibility index (Phi) is 4.05. The Balaban J connectivity index is 3.99. The van der Waals surface area contributed by atoms with Crippen LogP contribution >= 0.6 is 47.8 Å². The molecule has 0 amide bonds. The van der Waals surface area contributed by atoms with Gasteiger partial charge in [-0.2, -0.15) is 0 Å². The third kappa shape index (κ3) is 4.40. The van der Waals surface area contributed by atoms with Gasteiger partial charge in [-0.25, -0.2) is 4.79 Å². The Morgan fingerprint density at radius 1 is 1.50 bits per heavy atom. The second kappa shape index (κ2) is 3.82. The van der Waals surface area contributed by atoms with Crippen LogP contribution in [0.2, 0.25) is 0 Å². The summed E-state index contributed by atoms with van der Waals surface area (Å²) >= 11 is 8.80. The summed E-state index contributed by atoms with van der Waals surface area (Å²) in [6, 6.07) is 0. The maximum atomic E-state index is 10.8. The molecule has 0 unspecified atom stereocenters. The first kappa shape index (κ1) is 10.6. The number of carbonyl (C=O) groups is 1. The summed E-state index contributed by atoms with van der Waals surface area (Å²) in [5.41, 5.74) is 0. The number of rotatable bonds is 0. The van der Waals surface area contributed by atoms with E-state index in [9.17, 15) is 4.79 Å². The van der Waals surface area contributed by atoms with Gasteiger partial charge < -0.3 is 4.74 Å². The van der Waals surface area contributed by atoms with Crippen molar-refractivity contribution in [3.05, 3.63) is 0 Å². The van der Waals surface area contributed by atoms with Crippen LogP contribution in [0.1, 0.15) is 6.92 Å². The Hall–Kier alpha value is 0.580. The van der Waals surface area contributed by atoms with Crippen LogP contribution < -0.4 is 0 Å². The van der Waals surface area contributed by atoms with Crippen molar-refractivity contribution < 1.29 is 9.53 Å². The molecular formula is C4H4Br3NO2. The van der Waals surface area contributed by atoms with E-state index in [0.717, 1.165) is 0 Å². The van der Waals surface area contributed by atoms with Crippen LogP contribution in [-0.2, 0) is 9.53 Å². The van der Waals surface area contributed by atoms with E-state index in [-0.39, 0.29) is 5.90 Å². The molecule has 10 heavy (non-hydrogen) atoms. The maximum absolute atomic E-state index is 10.8. The molecule has 6 heteroatoms. The van der Waals surface area contributed by atoms with E-state index in [1.54, 1.807) is 0 Å². The molecule has 3 nitrogen and oxygen atoms in total. The van der Waals surface area contributed by atoms with Crippen molar-refractivity contribution in [1.29, 1.82) is 5.41 Å². The van der Waals surface area contributed by atoms with Gasteiger partial charge in [0, 0.05) is 6.92 Å². The second-order valence-electron chi connectivity index (χ2n) is 1.44. The van der Waals surface area contributed by atoms with E-state index in [0.29, 0.717) is 0 Å². The summed E-state index contributed by atoms with van der Waals surface area (Å²) in [4.78, 5) is 10.8. The minimum atomic E-state index is -1.07.